The zero-order valence-electron chi connectivity index (χ0n) is 12.7. The molecule has 0 aromatic heterocycles. The van der Waals surface area contributed by atoms with E-state index in [0.29, 0.717) is 25.2 Å². The smallest absolute Gasteiger partial charge is 0.170 e. The van der Waals surface area contributed by atoms with E-state index < -0.39 is 0 Å². The molecule has 0 unspecified atom stereocenters. The van der Waals surface area contributed by atoms with E-state index in [4.69, 9.17) is 9.47 Å². The third-order valence-corrected chi connectivity index (χ3v) is 3.95. The summed E-state index contributed by atoms with van der Waals surface area (Å²) in [6, 6.07) is 9.68. The van der Waals surface area contributed by atoms with Crippen molar-refractivity contribution in [3.8, 4) is 0 Å². The predicted molar refractivity (Wildman–Crippen MR) is 85.6 cm³/mol. The minimum atomic E-state index is -0.159. The molecule has 1 aliphatic carbocycles. The molecule has 0 spiro atoms. The maximum absolute atomic E-state index is 12.2. The topological polar surface area (TPSA) is 52.6 Å². The van der Waals surface area contributed by atoms with Gasteiger partial charge in [-0.25, -0.2) is 0 Å². The molecule has 0 amide bonds. The Morgan fingerprint density at radius 3 is 2.52 bits per heavy atom. The van der Waals surface area contributed by atoms with E-state index in [1.54, 1.807) is 6.08 Å². The van der Waals surface area contributed by atoms with Crippen molar-refractivity contribution in [3.05, 3.63) is 71.7 Å². The molecule has 23 heavy (non-hydrogen) atoms. The van der Waals surface area contributed by atoms with Crippen molar-refractivity contribution < 1.29 is 19.1 Å². The molecule has 0 bridgehead atoms. The van der Waals surface area contributed by atoms with E-state index in [1.165, 1.54) is 6.26 Å². The minimum absolute atomic E-state index is 0.0390. The zero-order chi connectivity index (χ0) is 16.1. The Balaban J connectivity index is 1.62. The van der Waals surface area contributed by atoms with Gasteiger partial charge in [-0.15, -0.1) is 0 Å². The molecule has 2 aliphatic rings. The van der Waals surface area contributed by atoms with Gasteiger partial charge in [0.15, 0.2) is 11.6 Å². The molecule has 4 nitrogen and oxygen atoms in total. The SMILES string of the molecule is O=C1CC(c2ccccc2)CC(=O)C1=COCC1=CC=CCO1. The van der Waals surface area contributed by atoms with Gasteiger partial charge in [-0.1, -0.05) is 36.4 Å². The van der Waals surface area contributed by atoms with E-state index >= 15 is 0 Å². The molecule has 1 fully saturated rings. The van der Waals surface area contributed by atoms with Gasteiger partial charge in [-0.3, -0.25) is 9.59 Å². The summed E-state index contributed by atoms with van der Waals surface area (Å²) in [5, 5.41) is 0. The average molecular weight is 310 g/mol. The lowest BCUT2D eigenvalue weighted by molar-refractivity contribution is -0.124. The van der Waals surface area contributed by atoms with Crippen LogP contribution >= 0.6 is 0 Å². The van der Waals surface area contributed by atoms with Gasteiger partial charge in [0.2, 0.25) is 0 Å². The number of ether oxygens (including phenoxy) is 2. The van der Waals surface area contributed by atoms with Crippen LogP contribution in [0.15, 0.2) is 66.2 Å². The number of hydrogen-bond acceptors (Lipinski definition) is 4. The second-order valence-corrected chi connectivity index (χ2v) is 5.58. The lowest BCUT2D eigenvalue weighted by Crippen LogP contribution is -2.25. The highest BCUT2D eigenvalue weighted by Gasteiger charge is 2.31. The minimum Gasteiger partial charge on any atom is -0.492 e. The summed E-state index contributed by atoms with van der Waals surface area (Å²) in [7, 11) is 0. The Morgan fingerprint density at radius 2 is 1.87 bits per heavy atom. The van der Waals surface area contributed by atoms with E-state index in [1.807, 2.05) is 42.5 Å². The summed E-state index contributed by atoms with van der Waals surface area (Å²) >= 11 is 0. The van der Waals surface area contributed by atoms with Crippen LogP contribution in [0.5, 0.6) is 0 Å². The van der Waals surface area contributed by atoms with Crippen LogP contribution in [0.3, 0.4) is 0 Å². The second kappa shape index (κ2) is 7.09. The van der Waals surface area contributed by atoms with Crippen molar-refractivity contribution >= 4 is 11.6 Å². The fraction of sp³-hybridized carbons (Fsp3) is 0.263. The van der Waals surface area contributed by atoms with Crippen molar-refractivity contribution in [1.82, 2.24) is 0 Å². The highest BCUT2D eigenvalue weighted by molar-refractivity contribution is 6.22. The molecule has 0 radical (unpaired) electrons. The molecule has 3 rings (SSSR count). The van der Waals surface area contributed by atoms with Gasteiger partial charge < -0.3 is 9.47 Å². The van der Waals surface area contributed by atoms with Crippen LogP contribution in [0.1, 0.15) is 24.3 Å². The Bertz CT molecular complexity index is 663. The summed E-state index contributed by atoms with van der Waals surface area (Å²) in [5.74, 6) is 0.326. The second-order valence-electron chi connectivity index (χ2n) is 5.58. The number of carbonyl (C=O) groups excluding carboxylic acids is 2. The number of ketones is 2. The maximum atomic E-state index is 12.2. The van der Waals surface area contributed by atoms with Crippen molar-refractivity contribution in [1.29, 1.82) is 0 Å². The summed E-state index contributed by atoms with van der Waals surface area (Å²) in [6.07, 6.45) is 7.54. The first-order valence-electron chi connectivity index (χ1n) is 7.65. The van der Waals surface area contributed by atoms with Crippen LogP contribution in [-0.2, 0) is 19.1 Å². The Labute approximate surface area is 135 Å². The predicted octanol–water partition coefficient (Wildman–Crippen LogP) is 3.07. The molecule has 0 atom stereocenters. The third kappa shape index (κ3) is 3.77. The molecular weight excluding hydrogens is 292 g/mol. The van der Waals surface area contributed by atoms with Gasteiger partial charge in [-0.05, 0) is 23.6 Å². The van der Waals surface area contributed by atoms with Gasteiger partial charge in [0.1, 0.15) is 19.0 Å². The fourth-order valence-corrected chi connectivity index (χ4v) is 2.72. The highest BCUT2D eigenvalue weighted by Crippen LogP contribution is 2.31. The van der Waals surface area contributed by atoms with Gasteiger partial charge >= 0.3 is 0 Å². The first-order chi connectivity index (χ1) is 11.2. The van der Waals surface area contributed by atoms with Gasteiger partial charge in [-0.2, -0.15) is 0 Å². The molecule has 0 N–H and O–H groups in total. The lowest BCUT2D eigenvalue weighted by Gasteiger charge is -2.22. The number of Topliss-reactive ketones (excluding diaryl/α,β-unsaturated/α-hetero) is 2. The number of allylic oxidation sites excluding steroid dienone is 3. The first kappa shape index (κ1) is 15.3. The van der Waals surface area contributed by atoms with Crippen molar-refractivity contribution in [2.45, 2.75) is 18.8 Å². The molecule has 4 heteroatoms. The summed E-state index contributed by atoms with van der Waals surface area (Å²) in [6.45, 7) is 0.735. The van der Waals surface area contributed by atoms with Crippen molar-refractivity contribution in [2.24, 2.45) is 0 Å². The molecule has 118 valence electrons. The Morgan fingerprint density at radius 1 is 1.13 bits per heavy atom. The molecule has 1 aliphatic heterocycles. The summed E-state index contributed by atoms with van der Waals surface area (Å²) in [5.41, 5.74) is 1.19. The van der Waals surface area contributed by atoms with Crippen molar-refractivity contribution in [3.63, 3.8) is 0 Å². The number of carbonyl (C=O) groups is 2. The number of hydrogen-bond donors (Lipinski definition) is 0. The quantitative estimate of drug-likeness (QED) is 0.487. The highest BCUT2D eigenvalue weighted by atomic mass is 16.5. The van der Waals surface area contributed by atoms with Crippen LogP contribution in [0, 0.1) is 0 Å². The molecular formula is C19H18O4. The molecule has 1 aromatic carbocycles. The third-order valence-electron chi connectivity index (χ3n) is 3.95. The lowest BCUT2D eigenvalue weighted by atomic mass is 9.80. The van der Waals surface area contributed by atoms with E-state index in [9.17, 15) is 9.59 Å². The van der Waals surface area contributed by atoms with Crippen LogP contribution < -0.4 is 0 Å². The Hall–Kier alpha value is -2.62. The van der Waals surface area contributed by atoms with Gasteiger partial charge in [0.25, 0.3) is 0 Å². The van der Waals surface area contributed by atoms with E-state index in [-0.39, 0.29) is 29.7 Å². The summed E-state index contributed by atoms with van der Waals surface area (Å²) in [4.78, 5) is 24.5. The fourth-order valence-electron chi connectivity index (χ4n) is 2.72. The van der Waals surface area contributed by atoms with E-state index in [2.05, 4.69) is 0 Å². The molecule has 1 saturated carbocycles. The average Bonchev–Trinajstić information content (AvgIpc) is 2.59. The largest absolute Gasteiger partial charge is 0.492 e. The molecule has 1 aromatic rings. The van der Waals surface area contributed by atoms with Crippen molar-refractivity contribution in [2.75, 3.05) is 13.2 Å². The standard InChI is InChI=1S/C19H18O4/c20-18-10-15(14-6-2-1-3-7-14)11-19(21)17(18)13-22-12-16-8-4-5-9-23-16/h1-8,13,15H,9-12H2. The first-order valence-corrected chi connectivity index (χ1v) is 7.65. The number of rotatable bonds is 4. The molecule has 0 saturated heterocycles. The van der Waals surface area contributed by atoms with Crippen LogP contribution in [0.4, 0.5) is 0 Å². The monoisotopic (exact) mass is 310 g/mol. The van der Waals surface area contributed by atoms with Gasteiger partial charge in [0.05, 0.1) is 11.8 Å². The van der Waals surface area contributed by atoms with E-state index in [0.717, 1.165) is 5.56 Å². The van der Waals surface area contributed by atoms with Crippen LogP contribution in [0.2, 0.25) is 0 Å². The normalized spacial score (nSPS) is 20.8. The van der Waals surface area contributed by atoms with Crippen LogP contribution in [-0.4, -0.2) is 24.8 Å². The molecule has 1 heterocycles. The summed E-state index contributed by atoms with van der Waals surface area (Å²) < 4.78 is 10.7. The maximum Gasteiger partial charge on any atom is 0.170 e. The van der Waals surface area contributed by atoms with Gasteiger partial charge in [0, 0.05) is 12.8 Å². The Kier molecular flexibility index (Phi) is 4.71. The number of benzene rings is 1. The van der Waals surface area contributed by atoms with Crippen LogP contribution in [0.25, 0.3) is 0 Å². The zero-order valence-corrected chi connectivity index (χ0v) is 12.7.